The first-order valence-electron chi connectivity index (χ1n) is 5.96. The number of hydrogen-bond donors (Lipinski definition) is 1. The minimum absolute atomic E-state index is 0.241. The summed E-state index contributed by atoms with van der Waals surface area (Å²) in [7, 11) is 0. The Morgan fingerprint density at radius 2 is 2.10 bits per heavy atom. The van der Waals surface area contributed by atoms with Crippen molar-refractivity contribution in [3.05, 3.63) is 46.2 Å². The maximum Gasteiger partial charge on any atom is 0.259 e. The van der Waals surface area contributed by atoms with Crippen molar-refractivity contribution in [1.29, 1.82) is 0 Å². The summed E-state index contributed by atoms with van der Waals surface area (Å²) in [6.45, 7) is 3.70. The minimum Gasteiger partial charge on any atom is -0.322 e. The first kappa shape index (κ1) is 14.8. The lowest BCUT2D eigenvalue weighted by molar-refractivity contribution is 0.102. The summed E-state index contributed by atoms with van der Waals surface area (Å²) in [5.41, 5.74) is 2.73. The summed E-state index contributed by atoms with van der Waals surface area (Å²) in [5.74, 6) is -0.241. The van der Waals surface area contributed by atoms with Crippen molar-refractivity contribution < 1.29 is 4.79 Å². The Hall–Kier alpha value is -1.59. The van der Waals surface area contributed by atoms with Crippen molar-refractivity contribution in [2.24, 2.45) is 0 Å². The monoisotopic (exact) mass is 307 g/mol. The van der Waals surface area contributed by atoms with Crippen LogP contribution in [0, 0.1) is 13.8 Å². The third-order valence-electron chi connectivity index (χ3n) is 2.81. The van der Waals surface area contributed by atoms with Crippen molar-refractivity contribution in [3.63, 3.8) is 0 Å². The highest BCUT2D eigenvalue weighted by Gasteiger charge is 2.12. The molecule has 0 bridgehead atoms. The zero-order chi connectivity index (χ0) is 14.7. The first-order valence-corrected chi connectivity index (χ1v) is 7.56. The molecule has 0 aliphatic rings. The number of nitrogens with zero attached hydrogens (tertiary/aromatic N) is 2. The summed E-state index contributed by atoms with van der Waals surface area (Å²) in [6.07, 6.45) is 3.43. The van der Waals surface area contributed by atoms with Gasteiger partial charge < -0.3 is 5.32 Å². The number of anilines is 1. The number of nitrogens with one attached hydrogen (secondary N) is 1. The van der Waals surface area contributed by atoms with Gasteiger partial charge in [0, 0.05) is 16.9 Å². The highest BCUT2D eigenvalue weighted by molar-refractivity contribution is 7.98. The van der Waals surface area contributed by atoms with Gasteiger partial charge in [-0.05, 0) is 37.8 Å². The van der Waals surface area contributed by atoms with Crippen LogP contribution in [0.2, 0.25) is 5.02 Å². The van der Waals surface area contributed by atoms with Crippen molar-refractivity contribution in [2.45, 2.75) is 19.0 Å². The third-order valence-corrected chi connectivity index (χ3v) is 3.78. The average molecular weight is 308 g/mol. The summed E-state index contributed by atoms with van der Waals surface area (Å²) in [4.78, 5) is 20.6. The van der Waals surface area contributed by atoms with Gasteiger partial charge in [0.2, 0.25) is 0 Å². The molecule has 2 rings (SSSR count). The number of rotatable bonds is 3. The van der Waals surface area contributed by atoms with Crippen LogP contribution in [0.15, 0.2) is 29.6 Å². The van der Waals surface area contributed by atoms with Crippen molar-refractivity contribution >= 4 is 35.0 Å². The number of amides is 1. The quantitative estimate of drug-likeness (QED) is 0.693. The van der Waals surface area contributed by atoms with Gasteiger partial charge in [0.15, 0.2) is 5.16 Å². The topological polar surface area (TPSA) is 54.9 Å². The molecule has 0 radical (unpaired) electrons. The lowest BCUT2D eigenvalue weighted by atomic mass is 10.2. The molecule has 0 fully saturated rings. The van der Waals surface area contributed by atoms with Gasteiger partial charge in [0.25, 0.3) is 5.91 Å². The molecule has 4 nitrogen and oxygen atoms in total. The van der Waals surface area contributed by atoms with Crippen LogP contribution in [0.25, 0.3) is 0 Å². The number of halogens is 1. The molecule has 1 amide bonds. The molecule has 0 saturated carbocycles. The van der Waals surface area contributed by atoms with Crippen LogP contribution in [-0.4, -0.2) is 22.1 Å². The van der Waals surface area contributed by atoms with Crippen molar-refractivity contribution in [3.8, 4) is 0 Å². The van der Waals surface area contributed by atoms with Gasteiger partial charge in [-0.1, -0.05) is 29.4 Å². The van der Waals surface area contributed by atoms with Crippen LogP contribution in [0.4, 0.5) is 5.69 Å². The van der Waals surface area contributed by atoms with E-state index in [0.717, 1.165) is 5.56 Å². The van der Waals surface area contributed by atoms with Gasteiger partial charge in [0.05, 0.1) is 11.3 Å². The number of aryl methyl sites for hydroxylation is 2. The van der Waals surface area contributed by atoms with Gasteiger partial charge in [-0.25, -0.2) is 9.97 Å². The molecular weight excluding hydrogens is 294 g/mol. The van der Waals surface area contributed by atoms with E-state index in [0.29, 0.717) is 27.1 Å². The Kier molecular flexibility index (Phi) is 4.62. The molecule has 0 atom stereocenters. The normalized spacial score (nSPS) is 10.4. The molecule has 0 unspecified atom stereocenters. The molecule has 0 spiro atoms. The molecule has 1 aromatic heterocycles. The maximum atomic E-state index is 12.2. The average Bonchev–Trinajstić information content (AvgIpc) is 2.42. The fourth-order valence-corrected chi connectivity index (χ4v) is 2.20. The van der Waals surface area contributed by atoms with E-state index in [1.165, 1.54) is 11.8 Å². The second-order valence-electron chi connectivity index (χ2n) is 4.27. The van der Waals surface area contributed by atoms with Crippen LogP contribution in [0.3, 0.4) is 0 Å². The van der Waals surface area contributed by atoms with Gasteiger partial charge in [0.1, 0.15) is 0 Å². The van der Waals surface area contributed by atoms with Gasteiger partial charge in [-0.15, -0.1) is 0 Å². The Morgan fingerprint density at radius 1 is 1.35 bits per heavy atom. The zero-order valence-electron chi connectivity index (χ0n) is 11.4. The minimum atomic E-state index is -0.241. The van der Waals surface area contributed by atoms with Crippen molar-refractivity contribution in [1.82, 2.24) is 9.97 Å². The maximum absolute atomic E-state index is 12.2. The molecule has 0 saturated heterocycles. The number of carbonyl (C=O) groups excluding carboxylic acids is 1. The van der Waals surface area contributed by atoms with E-state index in [2.05, 4.69) is 15.3 Å². The highest BCUT2D eigenvalue weighted by atomic mass is 35.5. The Bertz CT molecular complexity index is 661. The standard InChI is InChI=1S/C14H14ClN3OS/c1-8-4-5-10(6-12(8)15)18-13(19)11-7-16-14(20-3)17-9(11)2/h4-7H,1-3H3,(H,18,19). The first-order chi connectivity index (χ1) is 9.51. The number of hydrogen-bond acceptors (Lipinski definition) is 4. The van der Waals surface area contributed by atoms with Gasteiger partial charge in [-0.2, -0.15) is 0 Å². The predicted octanol–water partition coefficient (Wildman–Crippen LogP) is 3.72. The number of aromatic nitrogens is 2. The van der Waals surface area contributed by atoms with Crippen LogP contribution in [0.5, 0.6) is 0 Å². The molecule has 1 N–H and O–H groups in total. The largest absolute Gasteiger partial charge is 0.322 e. The molecule has 20 heavy (non-hydrogen) atoms. The lowest BCUT2D eigenvalue weighted by Crippen LogP contribution is -2.15. The van der Waals surface area contributed by atoms with Crippen LogP contribution >= 0.6 is 23.4 Å². The smallest absolute Gasteiger partial charge is 0.259 e. The fraction of sp³-hybridized carbons (Fsp3) is 0.214. The van der Waals surface area contributed by atoms with Gasteiger partial charge >= 0.3 is 0 Å². The number of carbonyl (C=O) groups is 1. The van der Waals surface area contributed by atoms with E-state index in [9.17, 15) is 4.79 Å². The van der Waals surface area contributed by atoms with E-state index in [1.807, 2.05) is 25.3 Å². The van der Waals surface area contributed by atoms with Crippen LogP contribution < -0.4 is 5.32 Å². The predicted molar refractivity (Wildman–Crippen MR) is 82.7 cm³/mol. The summed E-state index contributed by atoms with van der Waals surface area (Å²) >= 11 is 7.47. The summed E-state index contributed by atoms with van der Waals surface area (Å²) in [5, 5.41) is 4.06. The second-order valence-corrected chi connectivity index (χ2v) is 5.45. The summed E-state index contributed by atoms with van der Waals surface area (Å²) in [6, 6.07) is 5.39. The molecule has 1 aromatic carbocycles. The summed E-state index contributed by atoms with van der Waals surface area (Å²) < 4.78 is 0. The SMILES string of the molecule is CSc1ncc(C(=O)Nc2ccc(C)c(Cl)c2)c(C)n1. The van der Waals surface area contributed by atoms with Crippen molar-refractivity contribution in [2.75, 3.05) is 11.6 Å². The Morgan fingerprint density at radius 3 is 2.70 bits per heavy atom. The van der Waals surface area contributed by atoms with E-state index in [-0.39, 0.29) is 5.91 Å². The second kappa shape index (κ2) is 6.24. The number of thioether (sulfide) groups is 1. The fourth-order valence-electron chi connectivity index (χ4n) is 1.64. The molecule has 6 heteroatoms. The molecule has 0 aliphatic carbocycles. The molecular formula is C14H14ClN3OS. The third kappa shape index (κ3) is 3.29. The van der Waals surface area contributed by atoms with E-state index < -0.39 is 0 Å². The molecule has 2 aromatic rings. The van der Waals surface area contributed by atoms with Crippen LogP contribution in [0.1, 0.15) is 21.6 Å². The van der Waals surface area contributed by atoms with Crippen LogP contribution in [-0.2, 0) is 0 Å². The van der Waals surface area contributed by atoms with E-state index in [4.69, 9.17) is 11.6 Å². The Labute approximate surface area is 127 Å². The van der Waals surface area contributed by atoms with E-state index in [1.54, 1.807) is 19.2 Å². The highest BCUT2D eigenvalue weighted by Crippen LogP contribution is 2.21. The molecule has 104 valence electrons. The molecule has 0 aliphatic heterocycles. The zero-order valence-corrected chi connectivity index (χ0v) is 13.0. The Balaban J connectivity index is 2.21. The number of benzene rings is 1. The van der Waals surface area contributed by atoms with E-state index >= 15 is 0 Å². The molecule has 1 heterocycles. The van der Waals surface area contributed by atoms with Gasteiger partial charge in [-0.3, -0.25) is 4.79 Å². The lowest BCUT2D eigenvalue weighted by Gasteiger charge is -2.08.